The molecular weight excluding hydrogens is 344 g/mol. The maximum Gasteiger partial charge on any atom is 0.276 e. The van der Waals surface area contributed by atoms with Crippen LogP contribution < -0.4 is 5.32 Å². The third kappa shape index (κ3) is 3.05. The second-order valence-electron chi connectivity index (χ2n) is 5.60. The van der Waals surface area contributed by atoms with Crippen molar-refractivity contribution in [3.63, 3.8) is 0 Å². The van der Waals surface area contributed by atoms with Gasteiger partial charge in [0.25, 0.3) is 5.91 Å². The molecule has 0 aromatic carbocycles. The largest absolute Gasteiger partial charge is 0.461 e. The molecule has 0 radical (unpaired) electrons. The number of carbonyl (C=O) groups excluding carboxylic acids is 2. The van der Waals surface area contributed by atoms with E-state index in [0.29, 0.717) is 36.2 Å². The van der Waals surface area contributed by atoms with Crippen molar-refractivity contribution in [1.29, 1.82) is 0 Å². The average Bonchev–Trinajstić information content (AvgIpc) is 3.31. The van der Waals surface area contributed by atoms with Crippen LogP contribution in [0, 0.1) is 0 Å². The summed E-state index contributed by atoms with van der Waals surface area (Å²) in [5, 5.41) is 7.10. The quantitative estimate of drug-likeness (QED) is 0.772. The van der Waals surface area contributed by atoms with E-state index in [1.807, 2.05) is 0 Å². The van der Waals surface area contributed by atoms with Crippen molar-refractivity contribution < 1.29 is 18.5 Å². The molecule has 0 unspecified atom stereocenters. The Bertz CT molecular complexity index is 928. The molecule has 1 aliphatic heterocycles. The fourth-order valence-electron chi connectivity index (χ4n) is 2.65. The SMILES string of the molecule is CC(=O)Nc1nc2c(s1)CN(C(=O)c1cc(-c3ccco3)on1)CC2. The number of anilines is 1. The standard InChI is InChI=1S/C16H14N4O4S/c1-9(21)17-16-18-10-4-5-20(8-14(10)25-16)15(22)11-7-13(24-19-11)12-3-2-6-23-12/h2-3,6-7H,4-5,8H2,1H3,(H,17,18,21). The van der Waals surface area contributed by atoms with Gasteiger partial charge in [-0.1, -0.05) is 16.5 Å². The number of rotatable bonds is 3. The molecule has 0 bridgehead atoms. The van der Waals surface area contributed by atoms with Crippen LogP contribution in [-0.2, 0) is 17.8 Å². The number of furan rings is 1. The van der Waals surface area contributed by atoms with Crippen LogP contribution in [0.5, 0.6) is 0 Å². The molecule has 25 heavy (non-hydrogen) atoms. The summed E-state index contributed by atoms with van der Waals surface area (Å²) in [5.41, 5.74) is 1.16. The highest BCUT2D eigenvalue weighted by Gasteiger charge is 2.27. The molecule has 128 valence electrons. The van der Waals surface area contributed by atoms with E-state index in [2.05, 4.69) is 15.5 Å². The summed E-state index contributed by atoms with van der Waals surface area (Å²) < 4.78 is 10.4. The summed E-state index contributed by atoms with van der Waals surface area (Å²) in [5.74, 6) is 0.570. The Balaban J connectivity index is 1.50. The molecule has 1 N–H and O–H groups in total. The monoisotopic (exact) mass is 358 g/mol. The second-order valence-corrected chi connectivity index (χ2v) is 6.68. The van der Waals surface area contributed by atoms with E-state index in [-0.39, 0.29) is 17.5 Å². The molecule has 8 nitrogen and oxygen atoms in total. The summed E-state index contributed by atoms with van der Waals surface area (Å²) >= 11 is 1.39. The van der Waals surface area contributed by atoms with Crippen molar-refractivity contribution in [3.05, 3.63) is 40.7 Å². The topological polar surface area (TPSA) is 101 Å². The van der Waals surface area contributed by atoms with E-state index >= 15 is 0 Å². The first-order chi connectivity index (χ1) is 12.1. The van der Waals surface area contributed by atoms with Gasteiger partial charge in [0.05, 0.1) is 18.5 Å². The molecule has 0 fully saturated rings. The number of nitrogens with one attached hydrogen (secondary N) is 1. The highest BCUT2D eigenvalue weighted by atomic mass is 32.1. The first-order valence-electron chi connectivity index (χ1n) is 7.66. The van der Waals surface area contributed by atoms with Crippen molar-refractivity contribution in [2.75, 3.05) is 11.9 Å². The Morgan fingerprint density at radius 3 is 3.00 bits per heavy atom. The second kappa shape index (κ2) is 6.17. The van der Waals surface area contributed by atoms with Crippen LogP contribution in [0.1, 0.15) is 28.0 Å². The maximum atomic E-state index is 12.7. The number of fused-ring (bicyclic) bond motifs is 1. The molecule has 0 spiro atoms. The van der Waals surface area contributed by atoms with Crippen molar-refractivity contribution >= 4 is 28.3 Å². The normalized spacial score (nSPS) is 13.6. The van der Waals surface area contributed by atoms with Gasteiger partial charge in [0, 0.05) is 30.8 Å². The van der Waals surface area contributed by atoms with Gasteiger partial charge in [0.1, 0.15) is 0 Å². The van der Waals surface area contributed by atoms with Crippen LogP contribution in [0.25, 0.3) is 11.5 Å². The molecule has 0 atom stereocenters. The highest BCUT2D eigenvalue weighted by molar-refractivity contribution is 7.15. The Labute approximate surface area is 146 Å². The number of amides is 2. The summed E-state index contributed by atoms with van der Waals surface area (Å²) in [6.07, 6.45) is 2.17. The predicted octanol–water partition coefficient (Wildman–Crippen LogP) is 2.55. The number of hydrogen-bond acceptors (Lipinski definition) is 7. The molecule has 0 saturated heterocycles. The molecule has 2 amide bonds. The molecule has 9 heteroatoms. The molecule has 3 aromatic heterocycles. The smallest absolute Gasteiger partial charge is 0.276 e. The summed E-state index contributed by atoms with van der Waals surface area (Å²) in [6.45, 7) is 2.42. The Kier molecular flexibility index (Phi) is 3.85. The van der Waals surface area contributed by atoms with E-state index in [9.17, 15) is 9.59 Å². The third-order valence-electron chi connectivity index (χ3n) is 3.79. The minimum absolute atomic E-state index is 0.160. The molecule has 0 saturated carbocycles. The van der Waals surface area contributed by atoms with Gasteiger partial charge in [0.2, 0.25) is 11.7 Å². The minimum atomic E-state index is -0.207. The van der Waals surface area contributed by atoms with Gasteiger partial charge in [-0.3, -0.25) is 9.59 Å². The first kappa shape index (κ1) is 15.6. The van der Waals surface area contributed by atoms with Crippen LogP contribution in [0.15, 0.2) is 33.4 Å². The molecule has 0 aliphatic carbocycles. The van der Waals surface area contributed by atoms with E-state index in [1.54, 1.807) is 23.1 Å². The van der Waals surface area contributed by atoms with E-state index in [0.717, 1.165) is 10.6 Å². The lowest BCUT2D eigenvalue weighted by Crippen LogP contribution is -2.35. The summed E-state index contributed by atoms with van der Waals surface area (Å²) in [6, 6.07) is 5.05. The zero-order valence-electron chi connectivity index (χ0n) is 13.3. The number of hydrogen-bond donors (Lipinski definition) is 1. The van der Waals surface area contributed by atoms with Crippen LogP contribution in [0.4, 0.5) is 5.13 Å². The van der Waals surface area contributed by atoms with Crippen molar-refractivity contribution in [3.8, 4) is 11.5 Å². The third-order valence-corrected chi connectivity index (χ3v) is 4.79. The fraction of sp³-hybridized carbons (Fsp3) is 0.250. The van der Waals surface area contributed by atoms with Crippen LogP contribution in [-0.4, -0.2) is 33.4 Å². The van der Waals surface area contributed by atoms with Crippen molar-refractivity contribution in [2.45, 2.75) is 19.9 Å². The van der Waals surface area contributed by atoms with Gasteiger partial charge in [0.15, 0.2) is 16.6 Å². The van der Waals surface area contributed by atoms with Gasteiger partial charge >= 0.3 is 0 Å². The Hall–Kier alpha value is -2.94. The Morgan fingerprint density at radius 2 is 2.24 bits per heavy atom. The molecule has 1 aliphatic rings. The van der Waals surface area contributed by atoms with Crippen molar-refractivity contribution in [1.82, 2.24) is 15.0 Å². The van der Waals surface area contributed by atoms with E-state index in [4.69, 9.17) is 8.94 Å². The van der Waals surface area contributed by atoms with Gasteiger partial charge < -0.3 is 19.2 Å². The van der Waals surface area contributed by atoms with Crippen LogP contribution >= 0.6 is 11.3 Å². The molecule has 4 heterocycles. The lowest BCUT2D eigenvalue weighted by Gasteiger charge is -2.25. The highest BCUT2D eigenvalue weighted by Crippen LogP contribution is 2.29. The molecule has 4 rings (SSSR count). The number of thiazole rings is 1. The minimum Gasteiger partial charge on any atom is -0.461 e. The predicted molar refractivity (Wildman–Crippen MR) is 89.1 cm³/mol. The zero-order valence-corrected chi connectivity index (χ0v) is 14.1. The number of aromatic nitrogens is 2. The number of nitrogens with zero attached hydrogens (tertiary/aromatic N) is 3. The van der Waals surface area contributed by atoms with E-state index in [1.165, 1.54) is 24.5 Å². The van der Waals surface area contributed by atoms with Crippen LogP contribution in [0.3, 0.4) is 0 Å². The Morgan fingerprint density at radius 1 is 1.36 bits per heavy atom. The molecule has 3 aromatic rings. The van der Waals surface area contributed by atoms with Gasteiger partial charge in [-0.05, 0) is 12.1 Å². The lowest BCUT2D eigenvalue weighted by molar-refractivity contribution is -0.114. The summed E-state index contributed by atoms with van der Waals surface area (Å²) in [7, 11) is 0. The van der Waals surface area contributed by atoms with Gasteiger partial charge in [-0.25, -0.2) is 4.98 Å². The van der Waals surface area contributed by atoms with Crippen molar-refractivity contribution in [2.24, 2.45) is 0 Å². The lowest BCUT2D eigenvalue weighted by atomic mass is 10.1. The zero-order chi connectivity index (χ0) is 17.4. The summed E-state index contributed by atoms with van der Waals surface area (Å²) in [4.78, 5) is 30.9. The number of carbonyl (C=O) groups is 2. The van der Waals surface area contributed by atoms with Gasteiger partial charge in [-0.2, -0.15) is 0 Å². The van der Waals surface area contributed by atoms with E-state index < -0.39 is 0 Å². The average molecular weight is 358 g/mol. The molecular formula is C16H14N4O4S. The fourth-order valence-corrected chi connectivity index (χ4v) is 3.72. The first-order valence-corrected chi connectivity index (χ1v) is 8.48. The van der Waals surface area contributed by atoms with Crippen LogP contribution in [0.2, 0.25) is 0 Å². The maximum absolute atomic E-state index is 12.7. The van der Waals surface area contributed by atoms with Gasteiger partial charge in [-0.15, -0.1) is 0 Å².